The van der Waals surface area contributed by atoms with Crippen molar-refractivity contribution in [2.45, 2.75) is 50.1 Å². The highest BCUT2D eigenvalue weighted by Crippen LogP contribution is 2.27. The van der Waals surface area contributed by atoms with Crippen LogP contribution in [-0.4, -0.2) is 73.0 Å². The average molecular weight is 583 g/mol. The van der Waals surface area contributed by atoms with Crippen LogP contribution in [0.5, 0.6) is 0 Å². The Morgan fingerprint density at radius 1 is 0.907 bits per heavy atom. The Hall–Kier alpha value is -3.81. The molecule has 2 heterocycles. The highest BCUT2D eigenvalue weighted by atomic mass is 19.1. The molecule has 3 aromatic rings. The molecule has 7 heteroatoms. The molecule has 226 valence electrons. The number of nitrogens with one attached hydrogen (secondary N) is 2. The van der Waals surface area contributed by atoms with Gasteiger partial charge in [0.05, 0.1) is 6.04 Å². The molecule has 2 saturated heterocycles. The highest BCUT2D eigenvalue weighted by Gasteiger charge is 2.33. The summed E-state index contributed by atoms with van der Waals surface area (Å²) in [5.41, 5.74) is 3.15. The predicted octanol–water partition coefficient (Wildman–Crippen LogP) is 5.22. The van der Waals surface area contributed by atoms with Crippen molar-refractivity contribution in [1.82, 2.24) is 20.4 Å². The lowest BCUT2D eigenvalue weighted by molar-refractivity contribution is -0.133. The number of rotatable bonds is 11. The number of nitrogens with zero attached hydrogens (tertiary/aromatic N) is 2. The molecule has 3 aromatic carbocycles. The average Bonchev–Trinajstić information content (AvgIpc) is 3.20. The minimum Gasteiger partial charge on any atom is -0.351 e. The fourth-order valence-electron chi connectivity index (χ4n) is 6.15. The van der Waals surface area contributed by atoms with E-state index in [9.17, 15) is 14.0 Å². The first-order valence-corrected chi connectivity index (χ1v) is 15.6. The molecule has 0 unspecified atom stereocenters. The van der Waals surface area contributed by atoms with Crippen molar-refractivity contribution in [3.05, 3.63) is 114 Å². The highest BCUT2D eigenvalue weighted by molar-refractivity contribution is 5.91. The molecular weight excluding hydrogens is 539 g/mol. The van der Waals surface area contributed by atoms with Gasteiger partial charge in [-0.05, 0) is 73.7 Å². The molecule has 2 aliphatic rings. The summed E-state index contributed by atoms with van der Waals surface area (Å²) in [5.74, 6) is -0.309. The molecule has 0 bridgehead atoms. The molecular formula is C36H43FN4O2. The van der Waals surface area contributed by atoms with E-state index in [4.69, 9.17) is 0 Å². The van der Waals surface area contributed by atoms with Gasteiger partial charge in [0.2, 0.25) is 11.8 Å². The van der Waals surface area contributed by atoms with Crippen LogP contribution in [0.2, 0.25) is 0 Å². The van der Waals surface area contributed by atoms with Crippen molar-refractivity contribution >= 4 is 17.9 Å². The van der Waals surface area contributed by atoms with Crippen LogP contribution in [-0.2, 0) is 9.59 Å². The van der Waals surface area contributed by atoms with Crippen molar-refractivity contribution < 1.29 is 14.0 Å². The van der Waals surface area contributed by atoms with Crippen LogP contribution in [0.3, 0.4) is 0 Å². The quantitative estimate of drug-likeness (QED) is 0.304. The number of hydrogen-bond acceptors (Lipinski definition) is 4. The first kappa shape index (κ1) is 30.6. The second-order valence-corrected chi connectivity index (χ2v) is 11.7. The van der Waals surface area contributed by atoms with Gasteiger partial charge in [0, 0.05) is 44.2 Å². The summed E-state index contributed by atoms with van der Waals surface area (Å²) in [6, 6.07) is 26.5. The van der Waals surface area contributed by atoms with Crippen molar-refractivity contribution in [2.24, 2.45) is 0 Å². The Bertz CT molecular complexity index is 1290. The largest absolute Gasteiger partial charge is 0.351 e. The van der Waals surface area contributed by atoms with E-state index in [2.05, 4.69) is 64.1 Å². The zero-order chi connectivity index (χ0) is 29.9. The standard InChI is InChI=1S/C36H43FN4O2/c37-31-17-14-28(15-18-31)16-19-35(42)38-26-32-20-25-41(36(43)34(39-32)21-24-40-22-8-3-9-23-40)27-33(29-10-4-1-5-11-29)30-12-6-2-7-13-30/h1-2,4-7,10-19,32-34,39H,3,8-9,20-27H2,(H,38,42)/t32-,34-/m0/s1. The van der Waals surface area contributed by atoms with E-state index in [0.29, 0.717) is 19.6 Å². The summed E-state index contributed by atoms with van der Waals surface area (Å²) < 4.78 is 13.2. The number of piperidine rings is 1. The molecule has 2 atom stereocenters. The van der Waals surface area contributed by atoms with Crippen LogP contribution in [0.15, 0.2) is 91.0 Å². The van der Waals surface area contributed by atoms with Gasteiger partial charge in [0.15, 0.2) is 0 Å². The maximum atomic E-state index is 14.1. The van der Waals surface area contributed by atoms with Crippen molar-refractivity contribution in [3.63, 3.8) is 0 Å². The van der Waals surface area contributed by atoms with Crippen LogP contribution in [0, 0.1) is 5.82 Å². The summed E-state index contributed by atoms with van der Waals surface area (Å²) in [5, 5.41) is 6.63. The Balaban J connectivity index is 1.28. The Morgan fingerprint density at radius 3 is 2.21 bits per heavy atom. The van der Waals surface area contributed by atoms with Crippen LogP contribution in [0.4, 0.5) is 4.39 Å². The summed E-state index contributed by atoms with van der Waals surface area (Å²) in [4.78, 5) is 31.2. The third-order valence-electron chi connectivity index (χ3n) is 8.60. The van der Waals surface area contributed by atoms with Gasteiger partial charge >= 0.3 is 0 Å². The van der Waals surface area contributed by atoms with Crippen molar-refractivity contribution in [3.8, 4) is 0 Å². The molecule has 2 N–H and O–H groups in total. The molecule has 0 aliphatic carbocycles. The number of hydrogen-bond donors (Lipinski definition) is 2. The third kappa shape index (κ3) is 9.09. The molecule has 0 aromatic heterocycles. The topological polar surface area (TPSA) is 64.7 Å². The Kier molecular flexibility index (Phi) is 11.1. The lowest BCUT2D eigenvalue weighted by atomic mass is 9.90. The van der Waals surface area contributed by atoms with E-state index in [0.717, 1.165) is 38.0 Å². The number of halogens is 1. The molecule has 2 aliphatic heterocycles. The molecule has 5 rings (SSSR count). The monoisotopic (exact) mass is 582 g/mol. The number of carbonyl (C=O) groups excluding carboxylic acids is 2. The molecule has 6 nitrogen and oxygen atoms in total. The minimum atomic E-state index is -0.312. The molecule has 2 fully saturated rings. The number of amides is 2. The maximum absolute atomic E-state index is 14.1. The second kappa shape index (κ2) is 15.6. The Labute approximate surface area is 255 Å². The maximum Gasteiger partial charge on any atom is 0.244 e. The zero-order valence-electron chi connectivity index (χ0n) is 24.8. The van der Waals surface area contributed by atoms with E-state index >= 15 is 0 Å². The number of benzene rings is 3. The van der Waals surface area contributed by atoms with Crippen LogP contribution in [0.25, 0.3) is 6.08 Å². The fraction of sp³-hybridized carbons (Fsp3) is 0.389. The summed E-state index contributed by atoms with van der Waals surface area (Å²) in [7, 11) is 0. The second-order valence-electron chi connectivity index (χ2n) is 11.7. The first-order valence-electron chi connectivity index (χ1n) is 15.6. The molecule has 0 radical (unpaired) electrons. The van der Waals surface area contributed by atoms with E-state index < -0.39 is 0 Å². The minimum absolute atomic E-state index is 0.0321. The third-order valence-corrected chi connectivity index (χ3v) is 8.60. The summed E-state index contributed by atoms with van der Waals surface area (Å²) in [6.07, 6.45) is 8.34. The number of carbonyl (C=O) groups is 2. The van der Waals surface area contributed by atoms with Gasteiger partial charge in [0.25, 0.3) is 0 Å². The Morgan fingerprint density at radius 2 is 1.56 bits per heavy atom. The SMILES string of the molecule is O=C(C=Cc1ccc(F)cc1)NC[C@@H]1CCN(CC(c2ccccc2)c2ccccc2)C(=O)[C@H](CCN2CCCCC2)N1. The van der Waals surface area contributed by atoms with Gasteiger partial charge in [-0.15, -0.1) is 0 Å². The lowest BCUT2D eigenvalue weighted by Gasteiger charge is -2.31. The van der Waals surface area contributed by atoms with Gasteiger partial charge in [-0.1, -0.05) is 79.2 Å². The molecule has 0 spiro atoms. The first-order chi connectivity index (χ1) is 21.0. The van der Waals surface area contributed by atoms with Crippen LogP contribution in [0.1, 0.15) is 54.7 Å². The fourth-order valence-corrected chi connectivity index (χ4v) is 6.15. The molecule has 0 saturated carbocycles. The van der Waals surface area contributed by atoms with E-state index in [1.807, 2.05) is 17.0 Å². The van der Waals surface area contributed by atoms with Crippen LogP contribution >= 0.6 is 0 Å². The van der Waals surface area contributed by atoms with Gasteiger partial charge in [-0.25, -0.2) is 4.39 Å². The van der Waals surface area contributed by atoms with Crippen molar-refractivity contribution in [1.29, 1.82) is 0 Å². The van der Waals surface area contributed by atoms with E-state index in [1.165, 1.54) is 48.6 Å². The molecule has 43 heavy (non-hydrogen) atoms. The van der Waals surface area contributed by atoms with Gasteiger partial charge < -0.3 is 20.4 Å². The molecule has 2 amide bonds. The normalized spacial score (nSPS) is 20.0. The number of likely N-dealkylation sites (tertiary alicyclic amines) is 1. The summed E-state index contributed by atoms with van der Waals surface area (Å²) >= 11 is 0. The van der Waals surface area contributed by atoms with Gasteiger partial charge in [-0.3, -0.25) is 9.59 Å². The van der Waals surface area contributed by atoms with Gasteiger partial charge in [-0.2, -0.15) is 0 Å². The van der Waals surface area contributed by atoms with Crippen LogP contribution < -0.4 is 10.6 Å². The zero-order valence-corrected chi connectivity index (χ0v) is 24.8. The smallest absolute Gasteiger partial charge is 0.244 e. The van der Waals surface area contributed by atoms with E-state index in [1.54, 1.807) is 18.2 Å². The van der Waals surface area contributed by atoms with Crippen molar-refractivity contribution in [2.75, 3.05) is 39.3 Å². The van der Waals surface area contributed by atoms with E-state index in [-0.39, 0.29) is 35.6 Å². The lowest BCUT2D eigenvalue weighted by Crippen LogP contribution is -2.50. The van der Waals surface area contributed by atoms with Gasteiger partial charge in [0.1, 0.15) is 5.82 Å². The summed E-state index contributed by atoms with van der Waals surface area (Å²) in [6.45, 7) is 4.72. The predicted molar refractivity (Wildman–Crippen MR) is 170 cm³/mol.